The second-order valence-corrected chi connectivity index (χ2v) is 10.2. The number of fused-ring (bicyclic) bond motifs is 1. The zero-order valence-electron chi connectivity index (χ0n) is 21.4. The van der Waals surface area contributed by atoms with Crippen molar-refractivity contribution in [2.45, 2.75) is 73.0 Å². The van der Waals surface area contributed by atoms with Gasteiger partial charge in [0.15, 0.2) is 0 Å². The summed E-state index contributed by atoms with van der Waals surface area (Å²) in [6.07, 6.45) is 2.34. The first-order valence-corrected chi connectivity index (χ1v) is 12.5. The van der Waals surface area contributed by atoms with Crippen LogP contribution in [0.25, 0.3) is 10.9 Å². The predicted octanol–water partition coefficient (Wildman–Crippen LogP) is 4.87. The maximum Gasteiger partial charge on any atom is 0.254 e. The summed E-state index contributed by atoms with van der Waals surface area (Å²) in [7, 11) is 0. The molecule has 1 aliphatic rings. The first kappa shape index (κ1) is 24.3. The summed E-state index contributed by atoms with van der Waals surface area (Å²) in [4.78, 5) is 31.2. The van der Waals surface area contributed by atoms with Crippen LogP contribution in [0, 0.1) is 26.7 Å². The molecule has 1 unspecified atom stereocenters. The van der Waals surface area contributed by atoms with Gasteiger partial charge in [-0.15, -0.1) is 0 Å². The van der Waals surface area contributed by atoms with E-state index in [1.165, 1.54) is 12.8 Å². The Hall–Kier alpha value is -2.86. The topological polar surface area (TPSA) is 70.1 Å². The van der Waals surface area contributed by atoms with Gasteiger partial charge in [-0.05, 0) is 91.1 Å². The summed E-state index contributed by atoms with van der Waals surface area (Å²) in [5.41, 5.74) is 4.99. The van der Waals surface area contributed by atoms with Gasteiger partial charge in [-0.2, -0.15) is 0 Å². The van der Waals surface area contributed by atoms with E-state index < -0.39 is 0 Å². The number of nitrogens with one attached hydrogen (secondary N) is 2. The van der Waals surface area contributed by atoms with E-state index in [2.05, 4.69) is 53.5 Å². The van der Waals surface area contributed by atoms with Gasteiger partial charge in [-0.3, -0.25) is 9.59 Å². The molecule has 0 saturated carbocycles. The maximum atomic E-state index is 13.4. The first-order valence-electron chi connectivity index (χ1n) is 12.5. The van der Waals surface area contributed by atoms with E-state index in [0.29, 0.717) is 29.1 Å². The fourth-order valence-electron chi connectivity index (χ4n) is 5.69. The normalized spacial score (nSPS) is 16.3. The third-order valence-electron chi connectivity index (χ3n) is 7.70. The molecule has 2 N–H and O–H groups in total. The Morgan fingerprint density at radius 2 is 1.79 bits per heavy atom. The van der Waals surface area contributed by atoms with E-state index in [0.717, 1.165) is 40.9 Å². The quantitative estimate of drug-likeness (QED) is 0.549. The number of likely N-dealkylation sites (tertiary alicyclic amines) is 1. The Morgan fingerprint density at radius 1 is 1.12 bits per heavy atom. The standard InChI is InChI=1S/C28H38N4O2/c1-17(2)31-13-11-22(12-14-31)20(5)32-21(6)26(23-9-7-8-10-25(23)32)28(34)29-16-24-18(3)15-19(4)30-27(24)33/h7-10,15,17,20,22H,11-14,16H2,1-6H3,(H,29,34)(H,30,33). The number of pyridine rings is 1. The number of carbonyl (C=O) groups excluding carboxylic acids is 1. The van der Waals surface area contributed by atoms with Gasteiger partial charge < -0.3 is 19.8 Å². The van der Waals surface area contributed by atoms with Gasteiger partial charge in [-0.1, -0.05) is 18.2 Å². The highest BCUT2D eigenvalue weighted by Gasteiger charge is 2.29. The molecule has 0 radical (unpaired) electrons. The Bertz CT molecular complexity index is 1250. The largest absolute Gasteiger partial charge is 0.348 e. The summed E-state index contributed by atoms with van der Waals surface area (Å²) in [6, 6.07) is 11.0. The number of hydrogen-bond acceptors (Lipinski definition) is 3. The van der Waals surface area contributed by atoms with Crippen molar-refractivity contribution in [3.8, 4) is 0 Å². The maximum absolute atomic E-state index is 13.4. The third-order valence-corrected chi connectivity index (χ3v) is 7.70. The molecular weight excluding hydrogens is 424 g/mol. The number of amides is 1. The smallest absolute Gasteiger partial charge is 0.254 e. The molecule has 3 aromatic rings. The van der Waals surface area contributed by atoms with Crippen LogP contribution in [0.1, 0.15) is 72.5 Å². The Morgan fingerprint density at radius 3 is 2.44 bits per heavy atom. The van der Waals surface area contributed by atoms with Crippen LogP contribution in [-0.2, 0) is 6.54 Å². The van der Waals surface area contributed by atoms with Crippen molar-refractivity contribution in [3.63, 3.8) is 0 Å². The molecule has 1 amide bonds. The lowest BCUT2D eigenvalue weighted by Crippen LogP contribution is -2.40. The van der Waals surface area contributed by atoms with Crippen molar-refractivity contribution in [3.05, 3.63) is 68.8 Å². The first-order chi connectivity index (χ1) is 16.2. The minimum atomic E-state index is -0.140. The highest BCUT2D eigenvalue weighted by Crippen LogP contribution is 2.36. The van der Waals surface area contributed by atoms with Crippen molar-refractivity contribution in [1.82, 2.24) is 19.8 Å². The number of piperidine rings is 1. The van der Waals surface area contributed by atoms with Crippen molar-refractivity contribution in [1.29, 1.82) is 0 Å². The molecule has 0 aliphatic carbocycles. The number of para-hydroxylation sites is 1. The number of hydrogen-bond donors (Lipinski definition) is 2. The summed E-state index contributed by atoms with van der Waals surface area (Å²) in [5.74, 6) is 0.447. The van der Waals surface area contributed by atoms with Crippen molar-refractivity contribution in [2.75, 3.05) is 13.1 Å². The zero-order chi connectivity index (χ0) is 24.6. The molecule has 4 rings (SSSR count). The molecule has 6 heteroatoms. The van der Waals surface area contributed by atoms with Crippen LogP contribution in [0.4, 0.5) is 0 Å². The molecule has 34 heavy (non-hydrogen) atoms. The SMILES string of the molecule is Cc1cc(C)c(CNC(=O)c2c(C)n(C(C)C3CCN(C(C)C)CC3)c3ccccc23)c(=O)[nH]1. The van der Waals surface area contributed by atoms with E-state index in [4.69, 9.17) is 0 Å². The van der Waals surface area contributed by atoms with E-state index in [1.54, 1.807) is 0 Å². The van der Waals surface area contributed by atoms with Gasteiger partial charge >= 0.3 is 0 Å². The van der Waals surface area contributed by atoms with Crippen LogP contribution in [-0.4, -0.2) is 39.5 Å². The molecule has 1 aromatic carbocycles. The number of benzene rings is 1. The van der Waals surface area contributed by atoms with E-state index in [1.807, 2.05) is 38.1 Å². The number of aromatic amines is 1. The van der Waals surface area contributed by atoms with E-state index in [-0.39, 0.29) is 18.0 Å². The van der Waals surface area contributed by atoms with Crippen LogP contribution in [0.3, 0.4) is 0 Å². The lowest BCUT2D eigenvalue weighted by atomic mass is 9.89. The van der Waals surface area contributed by atoms with Crippen LogP contribution in [0.5, 0.6) is 0 Å². The average Bonchev–Trinajstić information content (AvgIpc) is 3.09. The third kappa shape index (κ3) is 4.56. The van der Waals surface area contributed by atoms with Gasteiger partial charge in [0.05, 0.1) is 5.56 Å². The molecule has 0 bridgehead atoms. The zero-order valence-corrected chi connectivity index (χ0v) is 21.4. The molecular formula is C28H38N4O2. The molecule has 1 fully saturated rings. The van der Waals surface area contributed by atoms with E-state index >= 15 is 0 Å². The number of H-pyrrole nitrogens is 1. The highest BCUT2D eigenvalue weighted by atomic mass is 16.2. The Labute approximate surface area is 202 Å². The summed E-state index contributed by atoms with van der Waals surface area (Å²) < 4.78 is 2.36. The summed E-state index contributed by atoms with van der Waals surface area (Å²) in [5, 5.41) is 3.99. The van der Waals surface area contributed by atoms with Crippen molar-refractivity contribution < 1.29 is 4.79 Å². The fraction of sp³-hybridized carbons (Fsp3) is 0.500. The second kappa shape index (κ2) is 9.79. The van der Waals surface area contributed by atoms with Crippen molar-refractivity contribution >= 4 is 16.8 Å². The highest BCUT2D eigenvalue weighted by molar-refractivity contribution is 6.08. The number of rotatable bonds is 6. The number of nitrogens with zero attached hydrogens (tertiary/aromatic N) is 2. The van der Waals surface area contributed by atoms with Crippen LogP contribution in [0.15, 0.2) is 35.1 Å². The monoisotopic (exact) mass is 462 g/mol. The molecule has 0 spiro atoms. The minimum absolute atomic E-state index is 0.131. The lowest BCUT2D eigenvalue weighted by molar-refractivity contribution is 0.0950. The van der Waals surface area contributed by atoms with Crippen LogP contribution >= 0.6 is 0 Å². The molecule has 182 valence electrons. The van der Waals surface area contributed by atoms with Gasteiger partial charge in [0.1, 0.15) is 0 Å². The molecule has 6 nitrogen and oxygen atoms in total. The van der Waals surface area contributed by atoms with Gasteiger partial charge in [-0.25, -0.2) is 0 Å². The van der Waals surface area contributed by atoms with Crippen LogP contribution < -0.4 is 10.9 Å². The van der Waals surface area contributed by atoms with Gasteiger partial charge in [0.25, 0.3) is 11.5 Å². The molecule has 1 aliphatic heterocycles. The molecule has 3 heterocycles. The molecule has 1 atom stereocenters. The molecule has 1 saturated heterocycles. The van der Waals surface area contributed by atoms with Crippen LogP contribution in [0.2, 0.25) is 0 Å². The lowest BCUT2D eigenvalue weighted by Gasteiger charge is -2.38. The van der Waals surface area contributed by atoms with E-state index in [9.17, 15) is 9.59 Å². The number of aromatic nitrogens is 2. The van der Waals surface area contributed by atoms with Gasteiger partial charge in [0.2, 0.25) is 0 Å². The van der Waals surface area contributed by atoms with Crippen molar-refractivity contribution in [2.24, 2.45) is 5.92 Å². The minimum Gasteiger partial charge on any atom is -0.348 e. The van der Waals surface area contributed by atoms with Gasteiger partial charge in [0, 0.05) is 46.5 Å². The number of aryl methyl sites for hydroxylation is 2. The molecule has 2 aromatic heterocycles. The summed E-state index contributed by atoms with van der Waals surface area (Å²) >= 11 is 0. The Balaban J connectivity index is 1.62. The Kier molecular flexibility index (Phi) is 6.99. The fourth-order valence-corrected chi connectivity index (χ4v) is 5.69. The summed E-state index contributed by atoms with van der Waals surface area (Å²) in [6.45, 7) is 15.1. The average molecular weight is 463 g/mol. The second-order valence-electron chi connectivity index (χ2n) is 10.2. The number of carbonyl (C=O) groups is 1. The predicted molar refractivity (Wildman–Crippen MR) is 139 cm³/mol.